The van der Waals surface area contributed by atoms with Crippen molar-refractivity contribution < 1.29 is 4.79 Å². The van der Waals surface area contributed by atoms with Gasteiger partial charge in [-0.2, -0.15) is 0 Å². The number of halogens is 3. The third-order valence-corrected chi connectivity index (χ3v) is 6.47. The van der Waals surface area contributed by atoms with Gasteiger partial charge in [-0.25, -0.2) is 9.99 Å². The van der Waals surface area contributed by atoms with E-state index in [2.05, 4.69) is 21.4 Å². The van der Waals surface area contributed by atoms with Crippen molar-refractivity contribution in [2.75, 3.05) is 13.1 Å². The van der Waals surface area contributed by atoms with Gasteiger partial charge in [0.15, 0.2) is 5.69 Å². The molecule has 1 fully saturated rings. The predicted molar refractivity (Wildman–Crippen MR) is 129 cm³/mol. The fourth-order valence-corrected chi connectivity index (χ4v) is 4.64. The van der Waals surface area contributed by atoms with E-state index in [-0.39, 0.29) is 5.91 Å². The van der Waals surface area contributed by atoms with E-state index >= 15 is 0 Å². The molecule has 1 aromatic heterocycles. The molecule has 0 saturated carbocycles. The minimum Gasteiger partial charge on any atom is -0.296 e. The minimum absolute atomic E-state index is 0.194. The largest absolute Gasteiger partial charge is 0.296 e. The Labute approximate surface area is 200 Å². The van der Waals surface area contributed by atoms with Gasteiger partial charge in [0, 0.05) is 33.8 Å². The Balaban J connectivity index is 1.84. The lowest BCUT2D eigenvalue weighted by Crippen LogP contribution is -2.45. The topological polar surface area (TPSA) is 50.2 Å². The Morgan fingerprint density at radius 1 is 1.10 bits per heavy atom. The van der Waals surface area contributed by atoms with Crippen LogP contribution in [-0.2, 0) is 6.42 Å². The molecule has 1 aliphatic heterocycles. The molecule has 0 atom stereocenters. The van der Waals surface area contributed by atoms with Crippen LogP contribution in [0.4, 0.5) is 0 Å². The monoisotopic (exact) mass is 520 g/mol. The minimum atomic E-state index is -0.194. The van der Waals surface area contributed by atoms with Crippen molar-refractivity contribution in [3.05, 3.63) is 68.4 Å². The molecule has 0 radical (unpaired) electrons. The average Bonchev–Trinajstić information content (AvgIpc) is 3.14. The number of hydrazine groups is 1. The van der Waals surface area contributed by atoms with E-state index in [4.69, 9.17) is 28.2 Å². The summed E-state index contributed by atoms with van der Waals surface area (Å²) in [5.41, 5.74) is 5.92. The number of amides is 1. The first-order valence-corrected chi connectivity index (χ1v) is 11.9. The highest BCUT2D eigenvalue weighted by Gasteiger charge is 2.26. The van der Waals surface area contributed by atoms with E-state index in [0.29, 0.717) is 28.0 Å². The van der Waals surface area contributed by atoms with Gasteiger partial charge < -0.3 is 0 Å². The van der Waals surface area contributed by atoms with E-state index in [1.807, 2.05) is 46.8 Å². The van der Waals surface area contributed by atoms with Crippen LogP contribution in [0.2, 0.25) is 10.0 Å². The van der Waals surface area contributed by atoms with Crippen molar-refractivity contribution in [1.29, 1.82) is 0 Å². The molecule has 1 saturated heterocycles. The Morgan fingerprint density at radius 3 is 2.45 bits per heavy atom. The number of nitrogens with zero attached hydrogens (tertiary/aromatic N) is 3. The van der Waals surface area contributed by atoms with Gasteiger partial charge in [0.2, 0.25) is 0 Å². The van der Waals surface area contributed by atoms with Crippen molar-refractivity contribution in [3.63, 3.8) is 0 Å². The van der Waals surface area contributed by atoms with Crippen molar-refractivity contribution >= 4 is 45.0 Å². The quantitative estimate of drug-likeness (QED) is 0.428. The van der Waals surface area contributed by atoms with Crippen LogP contribution in [0.15, 0.2) is 46.9 Å². The summed E-state index contributed by atoms with van der Waals surface area (Å²) in [4.78, 5) is 18.0. The van der Waals surface area contributed by atoms with Gasteiger partial charge in [-0.15, -0.1) is 0 Å². The molecule has 0 aliphatic carbocycles. The molecule has 0 spiro atoms. The third kappa shape index (κ3) is 4.82. The summed E-state index contributed by atoms with van der Waals surface area (Å²) in [5.74, 6) is 0.422. The number of nitrogens with one attached hydrogen (secondary N) is 1. The van der Waals surface area contributed by atoms with E-state index < -0.39 is 0 Å². The van der Waals surface area contributed by atoms with Crippen LogP contribution in [0.5, 0.6) is 0 Å². The zero-order valence-corrected chi connectivity index (χ0v) is 20.3. The van der Waals surface area contributed by atoms with Gasteiger partial charge in [-0.3, -0.25) is 14.8 Å². The molecule has 8 heteroatoms. The number of carbonyl (C=O) groups is 1. The molecule has 4 rings (SSSR count). The SMILES string of the molecule is CCc1c(C(=O)NN2CCCCC2)nc(-c2ccc(Cl)cc2Cl)n1-c1ccc(Br)cc1. The lowest BCUT2D eigenvalue weighted by atomic mass is 10.2. The number of imidazole rings is 1. The van der Waals surface area contributed by atoms with Crippen LogP contribution in [0.3, 0.4) is 0 Å². The zero-order valence-electron chi connectivity index (χ0n) is 17.2. The fraction of sp³-hybridized carbons (Fsp3) is 0.304. The summed E-state index contributed by atoms with van der Waals surface area (Å²) in [6.45, 7) is 3.74. The van der Waals surface area contributed by atoms with Gasteiger partial charge in [-0.1, -0.05) is 52.5 Å². The molecule has 2 aromatic carbocycles. The van der Waals surface area contributed by atoms with Crippen molar-refractivity contribution in [2.45, 2.75) is 32.6 Å². The Hall–Kier alpha value is -1.86. The van der Waals surface area contributed by atoms with E-state index in [9.17, 15) is 4.79 Å². The molecule has 3 aromatic rings. The van der Waals surface area contributed by atoms with Crippen LogP contribution in [0, 0.1) is 0 Å². The summed E-state index contributed by atoms with van der Waals surface area (Å²) >= 11 is 16.1. The Bertz CT molecular complexity index is 1090. The molecule has 31 heavy (non-hydrogen) atoms. The van der Waals surface area contributed by atoms with Crippen molar-refractivity contribution in [3.8, 4) is 17.1 Å². The van der Waals surface area contributed by atoms with E-state index in [1.54, 1.807) is 12.1 Å². The normalized spacial score (nSPS) is 14.6. The molecular weight excluding hydrogens is 499 g/mol. The number of aromatic nitrogens is 2. The van der Waals surface area contributed by atoms with Gasteiger partial charge >= 0.3 is 0 Å². The maximum absolute atomic E-state index is 13.2. The highest BCUT2D eigenvalue weighted by Crippen LogP contribution is 2.34. The summed E-state index contributed by atoms with van der Waals surface area (Å²) < 4.78 is 2.98. The second-order valence-electron chi connectivity index (χ2n) is 7.51. The second kappa shape index (κ2) is 9.74. The van der Waals surface area contributed by atoms with Gasteiger partial charge in [0.05, 0.1) is 10.7 Å². The van der Waals surface area contributed by atoms with Crippen LogP contribution < -0.4 is 5.43 Å². The van der Waals surface area contributed by atoms with Crippen molar-refractivity contribution in [2.24, 2.45) is 0 Å². The van der Waals surface area contributed by atoms with Crippen molar-refractivity contribution in [1.82, 2.24) is 20.0 Å². The number of carbonyl (C=O) groups excluding carboxylic acids is 1. The summed E-state index contributed by atoms with van der Waals surface area (Å²) in [6, 6.07) is 13.2. The highest BCUT2D eigenvalue weighted by molar-refractivity contribution is 9.10. The Kier molecular flexibility index (Phi) is 7.02. The standard InChI is InChI=1S/C23H23BrCl2N4O/c1-2-20-21(23(31)28-29-12-4-3-5-13-29)27-22(18-11-8-16(25)14-19(18)26)30(20)17-9-6-15(24)7-10-17/h6-11,14H,2-5,12-13H2,1H3,(H,28,31). The lowest BCUT2D eigenvalue weighted by Gasteiger charge is -2.26. The van der Waals surface area contributed by atoms with Crippen LogP contribution >= 0.6 is 39.1 Å². The molecule has 0 bridgehead atoms. The number of hydrogen-bond donors (Lipinski definition) is 1. The van der Waals surface area contributed by atoms with Gasteiger partial charge in [0.1, 0.15) is 5.82 Å². The molecular formula is C23H23BrCl2N4O. The number of piperidine rings is 1. The summed E-state index contributed by atoms with van der Waals surface area (Å²) in [6.07, 6.45) is 4.00. The molecule has 0 unspecified atom stereocenters. The number of hydrogen-bond acceptors (Lipinski definition) is 3. The molecule has 162 valence electrons. The first-order valence-electron chi connectivity index (χ1n) is 10.4. The molecule has 2 heterocycles. The number of rotatable bonds is 5. The number of benzene rings is 2. The maximum Gasteiger partial charge on any atom is 0.286 e. The molecule has 5 nitrogen and oxygen atoms in total. The fourth-order valence-electron chi connectivity index (χ4n) is 3.88. The molecule has 1 amide bonds. The lowest BCUT2D eigenvalue weighted by molar-refractivity contribution is 0.0744. The van der Waals surface area contributed by atoms with Crippen LogP contribution in [0.1, 0.15) is 42.4 Å². The van der Waals surface area contributed by atoms with Gasteiger partial charge in [0.25, 0.3) is 5.91 Å². The smallest absolute Gasteiger partial charge is 0.286 e. The van der Waals surface area contributed by atoms with Crippen LogP contribution in [-0.4, -0.2) is 33.6 Å². The maximum atomic E-state index is 13.2. The summed E-state index contributed by atoms with van der Waals surface area (Å²) in [5, 5.41) is 3.02. The van der Waals surface area contributed by atoms with E-state index in [0.717, 1.165) is 47.3 Å². The Morgan fingerprint density at radius 2 is 1.81 bits per heavy atom. The first-order chi connectivity index (χ1) is 15.0. The predicted octanol–water partition coefficient (Wildman–Crippen LogP) is 6.30. The first kappa shape index (κ1) is 22.3. The highest BCUT2D eigenvalue weighted by atomic mass is 79.9. The van der Waals surface area contributed by atoms with E-state index in [1.165, 1.54) is 6.42 Å². The third-order valence-electron chi connectivity index (χ3n) is 5.40. The van der Waals surface area contributed by atoms with Crippen LogP contribution in [0.25, 0.3) is 17.1 Å². The average molecular weight is 522 g/mol. The molecule has 1 aliphatic rings. The second-order valence-corrected chi connectivity index (χ2v) is 9.27. The zero-order chi connectivity index (χ0) is 22.0. The summed E-state index contributed by atoms with van der Waals surface area (Å²) in [7, 11) is 0. The molecule has 1 N–H and O–H groups in total. The van der Waals surface area contributed by atoms with Gasteiger partial charge in [-0.05, 0) is 61.7 Å².